The van der Waals surface area contributed by atoms with Crippen molar-refractivity contribution in [2.75, 3.05) is 13.2 Å². The molecule has 3 rings (SSSR count). The molecule has 0 spiro atoms. The van der Waals surface area contributed by atoms with Crippen molar-refractivity contribution in [3.05, 3.63) is 59.3 Å². The van der Waals surface area contributed by atoms with E-state index in [0.717, 1.165) is 25.2 Å². The molecule has 3 heteroatoms. The van der Waals surface area contributed by atoms with Crippen LogP contribution in [-0.4, -0.2) is 24.0 Å². The number of nitrogens with zero attached hydrogens (tertiary/aromatic N) is 1. The number of ether oxygens (including phenoxy) is 1. The highest BCUT2D eigenvalue weighted by atomic mass is 16.5. The molecule has 1 aliphatic carbocycles. The Bertz CT molecular complexity index is 677. The maximum absolute atomic E-state index is 12.9. The lowest BCUT2D eigenvalue weighted by atomic mass is 9.73. The molecule has 1 aromatic rings. The minimum atomic E-state index is -0.148. The maximum Gasteiger partial charge on any atom is 0.354 e. The first kappa shape index (κ1) is 18.8. The first-order chi connectivity index (χ1) is 12.7. The molecule has 3 unspecified atom stereocenters. The highest BCUT2D eigenvalue weighted by Gasteiger charge is 2.41. The number of fused-ring (bicyclic) bond motifs is 1. The molecule has 0 bridgehead atoms. The van der Waals surface area contributed by atoms with E-state index in [2.05, 4.69) is 55.2 Å². The third-order valence-corrected chi connectivity index (χ3v) is 5.64. The second kappa shape index (κ2) is 8.57. The van der Waals surface area contributed by atoms with Gasteiger partial charge in [-0.2, -0.15) is 0 Å². The van der Waals surface area contributed by atoms with Crippen LogP contribution in [0.25, 0.3) is 0 Å². The summed E-state index contributed by atoms with van der Waals surface area (Å²) in [6.45, 7) is 8.46. The van der Waals surface area contributed by atoms with E-state index < -0.39 is 0 Å². The van der Waals surface area contributed by atoms with Crippen molar-refractivity contribution in [2.45, 2.75) is 46.6 Å². The third kappa shape index (κ3) is 3.87. The zero-order valence-electron chi connectivity index (χ0n) is 16.3. The second-order valence-electron chi connectivity index (χ2n) is 7.49. The minimum absolute atomic E-state index is 0.148. The Balaban J connectivity index is 1.96. The molecule has 0 amide bonds. The second-order valence-corrected chi connectivity index (χ2v) is 7.49. The Hall–Kier alpha value is -2.03. The first-order valence-corrected chi connectivity index (χ1v) is 10.0. The quantitative estimate of drug-likeness (QED) is 0.513. The van der Waals surface area contributed by atoms with Gasteiger partial charge in [0.2, 0.25) is 0 Å². The van der Waals surface area contributed by atoms with Gasteiger partial charge in [-0.15, -0.1) is 0 Å². The van der Waals surface area contributed by atoms with Crippen LogP contribution in [0.1, 0.15) is 45.6 Å². The summed E-state index contributed by atoms with van der Waals surface area (Å²) in [5, 5.41) is 0. The van der Waals surface area contributed by atoms with E-state index in [-0.39, 0.29) is 5.97 Å². The summed E-state index contributed by atoms with van der Waals surface area (Å²) in [5.41, 5.74) is 3.39. The van der Waals surface area contributed by atoms with E-state index >= 15 is 0 Å². The number of hydrogen-bond acceptors (Lipinski definition) is 3. The Kier molecular flexibility index (Phi) is 6.18. The van der Waals surface area contributed by atoms with Crippen molar-refractivity contribution in [1.82, 2.24) is 4.90 Å². The molecular formula is C23H31NO2. The van der Waals surface area contributed by atoms with Crippen molar-refractivity contribution in [2.24, 2.45) is 17.8 Å². The molecule has 1 aliphatic heterocycles. The summed E-state index contributed by atoms with van der Waals surface area (Å²) >= 11 is 0. The van der Waals surface area contributed by atoms with Crippen molar-refractivity contribution >= 4 is 5.97 Å². The van der Waals surface area contributed by atoms with Crippen molar-refractivity contribution in [1.29, 1.82) is 0 Å². The van der Waals surface area contributed by atoms with Crippen LogP contribution in [0.2, 0.25) is 0 Å². The monoisotopic (exact) mass is 353 g/mol. The molecule has 3 atom stereocenters. The number of carbonyl (C=O) groups is 1. The van der Waals surface area contributed by atoms with E-state index in [1.807, 2.05) is 13.0 Å². The average molecular weight is 354 g/mol. The van der Waals surface area contributed by atoms with Crippen molar-refractivity contribution in [3.63, 3.8) is 0 Å². The molecule has 0 N–H and O–H groups in total. The largest absolute Gasteiger partial charge is 0.461 e. The Morgan fingerprint density at radius 3 is 2.65 bits per heavy atom. The van der Waals surface area contributed by atoms with Crippen LogP contribution in [0.5, 0.6) is 0 Å². The summed E-state index contributed by atoms with van der Waals surface area (Å²) in [7, 11) is 0. The average Bonchev–Trinajstić information content (AvgIpc) is 3.00. The Morgan fingerprint density at radius 2 is 1.96 bits per heavy atom. The predicted molar refractivity (Wildman–Crippen MR) is 105 cm³/mol. The van der Waals surface area contributed by atoms with Crippen LogP contribution in [0.3, 0.4) is 0 Å². The van der Waals surface area contributed by atoms with E-state index in [1.54, 1.807) is 0 Å². The van der Waals surface area contributed by atoms with Gasteiger partial charge >= 0.3 is 5.97 Å². The summed E-state index contributed by atoms with van der Waals surface area (Å²) in [5.74, 6) is 1.13. The zero-order valence-corrected chi connectivity index (χ0v) is 16.3. The molecular weight excluding hydrogens is 322 g/mol. The molecule has 0 saturated heterocycles. The Morgan fingerprint density at radius 1 is 1.19 bits per heavy atom. The smallest absolute Gasteiger partial charge is 0.354 e. The maximum atomic E-state index is 12.9. The van der Waals surface area contributed by atoms with Crippen LogP contribution >= 0.6 is 0 Å². The van der Waals surface area contributed by atoms with Gasteiger partial charge < -0.3 is 9.64 Å². The summed E-state index contributed by atoms with van der Waals surface area (Å²) in [6.07, 6.45) is 8.20. The predicted octanol–water partition coefficient (Wildman–Crippen LogP) is 4.95. The summed E-state index contributed by atoms with van der Waals surface area (Å²) in [6, 6.07) is 10.4. The molecule has 0 saturated carbocycles. The van der Waals surface area contributed by atoms with Gasteiger partial charge in [0, 0.05) is 19.0 Å². The van der Waals surface area contributed by atoms with Crippen LogP contribution in [0.15, 0.2) is 53.8 Å². The molecule has 3 nitrogen and oxygen atoms in total. The van der Waals surface area contributed by atoms with Crippen molar-refractivity contribution in [3.8, 4) is 0 Å². The van der Waals surface area contributed by atoms with Gasteiger partial charge in [0.25, 0.3) is 0 Å². The molecule has 140 valence electrons. The standard InChI is InChI=1S/C23H31NO2/c1-4-6-12-20-17(3)13-14-19-16-24(15-18-10-8-7-9-11-18)22(21(19)20)23(25)26-5-2/h7-11,13-14,17,19-20H,4-6,12,15-16H2,1-3H3. The molecule has 1 heterocycles. The van der Waals surface area contributed by atoms with E-state index in [9.17, 15) is 4.79 Å². The molecule has 26 heavy (non-hydrogen) atoms. The fraction of sp³-hybridized carbons (Fsp3) is 0.522. The number of esters is 1. The highest BCUT2D eigenvalue weighted by molar-refractivity contribution is 5.90. The van der Waals surface area contributed by atoms with E-state index in [0.29, 0.717) is 24.4 Å². The van der Waals surface area contributed by atoms with Gasteiger partial charge in [-0.25, -0.2) is 4.79 Å². The number of benzene rings is 1. The fourth-order valence-corrected chi connectivity index (χ4v) is 4.36. The van der Waals surface area contributed by atoms with Gasteiger partial charge in [0.15, 0.2) is 0 Å². The summed E-state index contributed by atoms with van der Waals surface area (Å²) in [4.78, 5) is 15.1. The topological polar surface area (TPSA) is 29.5 Å². The summed E-state index contributed by atoms with van der Waals surface area (Å²) < 4.78 is 5.47. The Labute approximate surface area is 157 Å². The zero-order chi connectivity index (χ0) is 18.5. The van der Waals surface area contributed by atoms with Crippen LogP contribution in [-0.2, 0) is 16.1 Å². The van der Waals surface area contributed by atoms with Gasteiger partial charge in [0.05, 0.1) is 6.61 Å². The van der Waals surface area contributed by atoms with Crippen LogP contribution in [0, 0.1) is 17.8 Å². The van der Waals surface area contributed by atoms with Gasteiger partial charge in [-0.1, -0.05) is 69.2 Å². The highest BCUT2D eigenvalue weighted by Crippen LogP contribution is 2.44. The minimum Gasteiger partial charge on any atom is -0.461 e. The number of rotatable bonds is 7. The molecule has 0 fully saturated rings. The molecule has 1 aromatic carbocycles. The van der Waals surface area contributed by atoms with Gasteiger partial charge in [-0.3, -0.25) is 0 Å². The van der Waals surface area contributed by atoms with Crippen LogP contribution < -0.4 is 0 Å². The lowest BCUT2D eigenvalue weighted by Gasteiger charge is -2.30. The first-order valence-electron chi connectivity index (χ1n) is 10.0. The lowest BCUT2D eigenvalue weighted by molar-refractivity contribution is -0.140. The number of carbonyl (C=O) groups excluding carboxylic acids is 1. The molecule has 0 aromatic heterocycles. The number of hydrogen-bond donors (Lipinski definition) is 0. The number of allylic oxidation sites excluding steroid dienone is 1. The van der Waals surface area contributed by atoms with E-state index in [4.69, 9.17) is 4.74 Å². The van der Waals surface area contributed by atoms with Gasteiger partial charge in [0.1, 0.15) is 5.70 Å². The van der Waals surface area contributed by atoms with E-state index in [1.165, 1.54) is 24.0 Å². The lowest BCUT2D eigenvalue weighted by Crippen LogP contribution is -2.26. The van der Waals surface area contributed by atoms with Crippen molar-refractivity contribution < 1.29 is 9.53 Å². The third-order valence-electron chi connectivity index (χ3n) is 5.64. The molecule has 2 aliphatic rings. The SMILES string of the molecule is CCCCC1C2=C(C(=O)OCC)N(Cc3ccccc3)CC2C=CC1C. The molecule has 0 radical (unpaired) electrons. The fourth-order valence-electron chi connectivity index (χ4n) is 4.36. The van der Waals surface area contributed by atoms with Crippen LogP contribution in [0.4, 0.5) is 0 Å². The number of unbranched alkanes of at least 4 members (excludes halogenated alkanes) is 1. The van der Waals surface area contributed by atoms with Gasteiger partial charge in [-0.05, 0) is 36.3 Å². The normalized spacial score (nSPS) is 24.7.